The highest BCUT2D eigenvalue weighted by Gasteiger charge is 2.16. The molecule has 0 saturated heterocycles. The Labute approximate surface area is 131 Å². The fourth-order valence-corrected chi connectivity index (χ4v) is 2.17. The SMILES string of the molecule is COc1cccc(C(=O)OCc2ccc(Cl)cc2Cl)c1O. The zero-order valence-electron chi connectivity index (χ0n) is 11.1. The second-order valence-corrected chi connectivity index (χ2v) is 5.01. The third kappa shape index (κ3) is 3.60. The minimum atomic E-state index is -0.669. The first-order chi connectivity index (χ1) is 10.0. The molecule has 0 aliphatic carbocycles. The molecule has 0 unspecified atom stereocenters. The number of para-hydroxylation sites is 1. The minimum Gasteiger partial charge on any atom is -0.504 e. The topological polar surface area (TPSA) is 55.8 Å². The number of hydrogen-bond acceptors (Lipinski definition) is 4. The molecule has 0 aromatic heterocycles. The van der Waals surface area contributed by atoms with Crippen LogP contribution in [0.2, 0.25) is 10.0 Å². The molecule has 0 atom stereocenters. The van der Waals surface area contributed by atoms with Crippen molar-refractivity contribution in [3.05, 3.63) is 57.6 Å². The van der Waals surface area contributed by atoms with Crippen molar-refractivity contribution < 1.29 is 19.4 Å². The highest BCUT2D eigenvalue weighted by atomic mass is 35.5. The largest absolute Gasteiger partial charge is 0.504 e. The molecule has 0 aliphatic rings. The highest BCUT2D eigenvalue weighted by Crippen LogP contribution is 2.30. The van der Waals surface area contributed by atoms with Crippen molar-refractivity contribution in [3.63, 3.8) is 0 Å². The van der Waals surface area contributed by atoms with E-state index in [0.717, 1.165) is 0 Å². The number of rotatable bonds is 4. The molecule has 1 N–H and O–H groups in total. The van der Waals surface area contributed by atoms with Crippen LogP contribution in [0.15, 0.2) is 36.4 Å². The average molecular weight is 327 g/mol. The van der Waals surface area contributed by atoms with Crippen LogP contribution in [0.3, 0.4) is 0 Å². The van der Waals surface area contributed by atoms with E-state index in [1.807, 2.05) is 0 Å². The quantitative estimate of drug-likeness (QED) is 0.860. The molecule has 6 heteroatoms. The van der Waals surface area contributed by atoms with Gasteiger partial charge in [0.05, 0.1) is 7.11 Å². The molecular weight excluding hydrogens is 315 g/mol. The highest BCUT2D eigenvalue weighted by molar-refractivity contribution is 6.35. The Morgan fingerprint density at radius 2 is 2.00 bits per heavy atom. The maximum atomic E-state index is 12.0. The zero-order valence-corrected chi connectivity index (χ0v) is 12.6. The van der Waals surface area contributed by atoms with Gasteiger partial charge in [-0.15, -0.1) is 0 Å². The van der Waals surface area contributed by atoms with E-state index in [4.69, 9.17) is 32.7 Å². The second kappa shape index (κ2) is 6.70. The minimum absolute atomic E-state index is 0.0223. The third-order valence-corrected chi connectivity index (χ3v) is 3.40. The van der Waals surface area contributed by atoms with E-state index >= 15 is 0 Å². The second-order valence-electron chi connectivity index (χ2n) is 4.17. The number of methoxy groups -OCH3 is 1. The van der Waals surface area contributed by atoms with Crippen molar-refractivity contribution in [2.75, 3.05) is 7.11 Å². The number of esters is 1. The van der Waals surface area contributed by atoms with Crippen LogP contribution in [0.25, 0.3) is 0 Å². The van der Waals surface area contributed by atoms with Crippen LogP contribution in [0.5, 0.6) is 11.5 Å². The summed E-state index contributed by atoms with van der Waals surface area (Å²) in [6, 6.07) is 9.47. The molecule has 2 aromatic carbocycles. The third-order valence-electron chi connectivity index (χ3n) is 2.81. The van der Waals surface area contributed by atoms with E-state index in [0.29, 0.717) is 15.6 Å². The van der Waals surface area contributed by atoms with Gasteiger partial charge in [-0.25, -0.2) is 4.79 Å². The number of halogens is 2. The lowest BCUT2D eigenvalue weighted by molar-refractivity contribution is 0.0469. The summed E-state index contributed by atoms with van der Waals surface area (Å²) in [5.41, 5.74) is 0.649. The van der Waals surface area contributed by atoms with Gasteiger partial charge in [-0.05, 0) is 24.3 Å². The molecule has 0 spiro atoms. The summed E-state index contributed by atoms with van der Waals surface area (Å²) in [5.74, 6) is -0.724. The smallest absolute Gasteiger partial charge is 0.342 e. The summed E-state index contributed by atoms with van der Waals surface area (Å²) < 4.78 is 10.1. The molecule has 2 rings (SSSR count). The van der Waals surface area contributed by atoms with Gasteiger partial charge in [-0.1, -0.05) is 35.3 Å². The number of phenols is 1. The molecule has 0 radical (unpaired) electrons. The first kappa shape index (κ1) is 15.5. The number of ether oxygens (including phenoxy) is 2. The van der Waals surface area contributed by atoms with Crippen molar-refractivity contribution >= 4 is 29.2 Å². The Balaban J connectivity index is 2.12. The van der Waals surface area contributed by atoms with Crippen molar-refractivity contribution in [2.24, 2.45) is 0 Å². The summed E-state index contributed by atoms with van der Waals surface area (Å²) in [5, 5.41) is 10.8. The Morgan fingerprint density at radius 1 is 1.24 bits per heavy atom. The Hall–Kier alpha value is -1.91. The lowest BCUT2D eigenvalue weighted by Crippen LogP contribution is -2.06. The molecule has 110 valence electrons. The van der Waals surface area contributed by atoms with Crippen LogP contribution in [-0.2, 0) is 11.3 Å². The van der Waals surface area contributed by atoms with Gasteiger partial charge < -0.3 is 14.6 Å². The van der Waals surface area contributed by atoms with Crippen molar-refractivity contribution in [3.8, 4) is 11.5 Å². The summed E-state index contributed by atoms with van der Waals surface area (Å²) in [6.07, 6.45) is 0. The lowest BCUT2D eigenvalue weighted by Gasteiger charge is -2.10. The fraction of sp³-hybridized carbons (Fsp3) is 0.133. The number of hydrogen-bond donors (Lipinski definition) is 1. The van der Waals surface area contributed by atoms with Crippen molar-refractivity contribution in [1.82, 2.24) is 0 Å². The van der Waals surface area contributed by atoms with Gasteiger partial charge in [0.1, 0.15) is 12.2 Å². The van der Waals surface area contributed by atoms with E-state index in [2.05, 4.69) is 0 Å². The van der Waals surface area contributed by atoms with E-state index < -0.39 is 5.97 Å². The summed E-state index contributed by atoms with van der Waals surface area (Å²) in [4.78, 5) is 12.0. The standard InChI is InChI=1S/C15H12Cl2O4/c1-20-13-4-2-3-11(14(13)18)15(19)21-8-9-5-6-10(16)7-12(9)17/h2-7,18H,8H2,1H3. The first-order valence-electron chi connectivity index (χ1n) is 6.00. The fourth-order valence-electron chi connectivity index (χ4n) is 1.71. The van der Waals surface area contributed by atoms with E-state index in [1.54, 1.807) is 30.3 Å². The maximum Gasteiger partial charge on any atom is 0.342 e. The number of phenolic OH excluding ortho intramolecular Hbond substituents is 1. The average Bonchev–Trinajstić information content (AvgIpc) is 2.46. The zero-order chi connectivity index (χ0) is 15.4. The normalized spacial score (nSPS) is 10.2. The molecule has 21 heavy (non-hydrogen) atoms. The number of carbonyl (C=O) groups is 1. The Kier molecular flexibility index (Phi) is 4.94. The van der Waals surface area contributed by atoms with Gasteiger partial charge in [0.25, 0.3) is 0 Å². The predicted molar refractivity (Wildman–Crippen MR) is 80.2 cm³/mol. The molecule has 2 aromatic rings. The van der Waals surface area contributed by atoms with Gasteiger partial charge >= 0.3 is 5.97 Å². The first-order valence-corrected chi connectivity index (χ1v) is 6.75. The summed E-state index contributed by atoms with van der Waals surface area (Å²) >= 11 is 11.8. The van der Waals surface area contributed by atoms with Crippen molar-refractivity contribution in [1.29, 1.82) is 0 Å². The molecule has 0 aliphatic heterocycles. The lowest BCUT2D eigenvalue weighted by atomic mass is 10.2. The number of benzene rings is 2. The van der Waals surface area contributed by atoms with Crippen LogP contribution >= 0.6 is 23.2 Å². The molecule has 0 fully saturated rings. The van der Waals surface area contributed by atoms with Crippen LogP contribution in [0, 0.1) is 0 Å². The van der Waals surface area contributed by atoms with Crippen LogP contribution in [0.1, 0.15) is 15.9 Å². The van der Waals surface area contributed by atoms with E-state index in [9.17, 15) is 9.90 Å². The number of aromatic hydroxyl groups is 1. The number of carbonyl (C=O) groups excluding carboxylic acids is 1. The van der Waals surface area contributed by atoms with Crippen LogP contribution in [0.4, 0.5) is 0 Å². The molecule has 0 bridgehead atoms. The maximum absolute atomic E-state index is 12.0. The van der Waals surface area contributed by atoms with Crippen LogP contribution in [-0.4, -0.2) is 18.2 Å². The molecule has 0 amide bonds. The molecule has 4 nitrogen and oxygen atoms in total. The Morgan fingerprint density at radius 3 is 2.67 bits per heavy atom. The summed E-state index contributed by atoms with van der Waals surface area (Å²) in [6.45, 7) is -0.0223. The molecule has 0 heterocycles. The monoisotopic (exact) mass is 326 g/mol. The van der Waals surface area contributed by atoms with Gasteiger partial charge in [-0.3, -0.25) is 0 Å². The van der Waals surface area contributed by atoms with Gasteiger partial charge in [-0.2, -0.15) is 0 Å². The van der Waals surface area contributed by atoms with Gasteiger partial charge in [0, 0.05) is 15.6 Å². The van der Waals surface area contributed by atoms with Crippen molar-refractivity contribution in [2.45, 2.75) is 6.61 Å². The molecular formula is C15H12Cl2O4. The van der Waals surface area contributed by atoms with Gasteiger partial charge in [0.2, 0.25) is 0 Å². The van der Waals surface area contributed by atoms with Gasteiger partial charge in [0.15, 0.2) is 11.5 Å². The molecule has 0 saturated carbocycles. The van der Waals surface area contributed by atoms with Crippen LogP contribution < -0.4 is 4.74 Å². The van der Waals surface area contributed by atoms with E-state index in [-0.39, 0.29) is 23.7 Å². The summed E-state index contributed by atoms with van der Waals surface area (Å²) in [7, 11) is 1.40. The van der Waals surface area contributed by atoms with E-state index in [1.165, 1.54) is 13.2 Å². The predicted octanol–water partition coefficient (Wildman–Crippen LogP) is 4.06. The Bertz CT molecular complexity index is 671.